The van der Waals surface area contributed by atoms with E-state index in [1.165, 1.54) is 12.1 Å². The van der Waals surface area contributed by atoms with Crippen molar-refractivity contribution in [3.8, 4) is 5.75 Å². The molecule has 1 aromatic heterocycles. The summed E-state index contributed by atoms with van der Waals surface area (Å²) in [5.74, 6) is -2.14. The highest BCUT2D eigenvalue weighted by Crippen LogP contribution is 2.30. The first-order valence-electron chi connectivity index (χ1n) is 4.58. The number of benzene rings is 1. The first-order chi connectivity index (χ1) is 8.04. The lowest BCUT2D eigenvalue weighted by atomic mass is 10.1. The van der Waals surface area contributed by atoms with Crippen LogP contribution in [-0.4, -0.2) is 18.1 Å². The summed E-state index contributed by atoms with van der Waals surface area (Å²) < 4.78 is 18.1. The first-order valence-corrected chi connectivity index (χ1v) is 4.96. The minimum absolute atomic E-state index is 0.0690. The number of hydrogen-bond acceptors (Lipinski definition) is 3. The van der Waals surface area contributed by atoms with Crippen molar-refractivity contribution < 1.29 is 19.0 Å². The lowest BCUT2D eigenvalue weighted by molar-refractivity contribution is 0.0594. The third-order valence-corrected chi connectivity index (χ3v) is 2.52. The summed E-state index contributed by atoms with van der Waals surface area (Å²) in [5, 5.41) is 11.5. The number of carbonyl (C=O) groups is 1. The van der Waals surface area contributed by atoms with Crippen molar-refractivity contribution in [3.05, 3.63) is 34.7 Å². The molecule has 0 N–H and O–H groups in total. The zero-order chi connectivity index (χ0) is 12.6. The number of halogens is 2. The Balaban J connectivity index is 2.79. The fraction of sp³-hybridized carbons (Fsp3) is 0.0909. The average Bonchev–Trinajstić information content (AvgIpc) is 2.33. The number of pyridine rings is 1. The molecule has 0 saturated carbocycles. The molecule has 2 rings (SSSR count). The van der Waals surface area contributed by atoms with Crippen LogP contribution in [0.1, 0.15) is 10.5 Å². The van der Waals surface area contributed by atoms with E-state index < -0.39 is 17.5 Å². The van der Waals surface area contributed by atoms with E-state index in [1.807, 2.05) is 0 Å². The molecule has 0 aliphatic heterocycles. The topological polar surface area (TPSA) is 59.1 Å². The Morgan fingerprint density at radius 3 is 2.82 bits per heavy atom. The highest BCUT2D eigenvalue weighted by molar-refractivity contribution is 6.31. The Hall–Kier alpha value is -1.88. The van der Waals surface area contributed by atoms with Gasteiger partial charge in [0, 0.05) is 6.07 Å². The Bertz CT molecular complexity index is 615. The van der Waals surface area contributed by atoms with Crippen molar-refractivity contribution in [1.29, 1.82) is 0 Å². The molecule has 6 heteroatoms. The Morgan fingerprint density at radius 1 is 1.47 bits per heavy atom. The van der Waals surface area contributed by atoms with E-state index in [9.17, 15) is 14.3 Å². The second-order valence-electron chi connectivity index (χ2n) is 3.25. The highest BCUT2D eigenvalue weighted by Gasteiger charge is 2.16. The van der Waals surface area contributed by atoms with Gasteiger partial charge in [0.25, 0.3) is 0 Å². The van der Waals surface area contributed by atoms with Crippen molar-refractivity contribution in [3.63, 3.8) is 0 Å². The maximum absolute atomic E-state index is 13.6. The largest absolute Gasteiger partial charge is 0.464 e. The monoisotopic (exact) mass is 254 g/mol. The minimum Gasteiger partial charge on any atom is -0.464 e. The van der Waals surface area contributed by atoms with Gasteiger partial charge >= 0.3 is 5.97 Å². The highest BCUT2D eigenvalue weighted by atomic mass is 35.5. The van der Waals surface area contributed by atoms with Gasteiger partial charge in [0.2, 0.25) is 0 Å². The van der Waals surface area contributed by atoms with E-state index in [4.69, 9.17) is 11.6 Å². The lowest BCUT2D eigenvalue weighted by Gasteiger charge is -2.04. The Morgan fingerprint density at radius 2 is 2.18 bits per heavy atom. The second-order valence-corrected chi connectivity index (χ2v) is 3.66. The SMILES string of the molecule is COC(=O)c1cc([O])c2ccc(Cl)c(F)c2n1. The summed E-state index contributed by atoms with van der Waals surface area (Å²) in [7, 11) is 1.15. The van der Waals surface area contributed by atoms with Crippen LogP contribution >= 0.6 is 11.6 Å². The molecular formula is C11H6ClFNO3. The Kier molecular flexibility index (Phi) is 2.85. The van der Waals surface area contributed by atoms with Crippen LogP contribution in [0, 0.1) is 5.82 Å². The first kappa shape index (κ1) is 11.6. The molecule has 1 aromatic carbocycles. The van der Waals surface area contributed by atoms with Crippen LogP contribution in [-0.2, 0) is 9.84 Å². The summed E-state index contributed by atoms with van der Waals surface area (Å²) in [4.78, 5) is 15.0. The lowest BCUT2D eigenvalue weighted by Crippen LogP contribution is -2.04. The maximum atomic E-state index is 13.6. The van der Waals surface area contributed by atoms with E-state index in [0.717, 1.165) is 13.2 Å². The third kappa shape index (κ3) is 1.89. The minimum atomic E-state index is -0.827. The molecule has 0 atom stereocenters. The normalized spacial score (nSPS) is 10.5. The van der Waals surface area contributed by atoms with Gasteiger partial charge in [-0.1, -0.05) is 11.6 Å². The van der Waals surface area contributed by atoms with Crippen molar-refractivity contribution in [2.24, 2.45) is 0 Å². The third-order valence-electron chi connectivity index (χ3n) is 2.23. The maximum Gasteiger partial charge on any atom is 0.356 e. The fourth-order valence-electron chi connectivity index (χ4n) is 1.41. The molecule has 87 valence electrons. The van der Waals surface area contributed by atoms with E-state index in [1.54, 1.807) is 0 Å². The van der Waals surface area contributed by atoms with Gasteiger partial charge in [-0.05, 0) is 12.1 Å². The molecule has 0 bridgehead atoms. The van der Waals surface area contributed by atoms with Crippen LogP contribution in [0.3, 0.4) is 0 Å². The van der Waals surface area contributed by atoms with E-state index >= 15 is 0 Å². The molecule has 0 unspecified atom stereocenters. The molecule has 0 amide bonds. The van der Waals surface area contributed by atoms with Gasteiger partial charge in [-0.2, -0.15) is 0 Å². The molecule has 0 aliphatic rings. The zero-order valence-corrected chi connectivity index (χ0v) is 9.42. The van der Waals surface area contributed by atoms with E-state index in [-0.39, 0.29) is 21.6 Å². The molecule has 1 radical (unpaired) electrons. The summed E-state index contributed by atoms with van der Waals surface area (Å²) in [6.07, 6.45) is 0. The number of fused-ring (bicyclic) bond motifs is 1. The molecular weight excluding hydrogens is 249 g/mol. The number of esters is 1. The van der Waals surface area contributed by atoms with Crippen LogP contribution in [0.15, 0.2) is 18.2 Å². The molecule has 0 saturated heterocycles. The fourth-order valence-corrected chi connectivity index (χ4v) is 1.56. The van der Waals surface area contributed by atoms with Crippen molar-refractivity contribution in [1.82, 2.24) is 4.98 Å². The van der Waals surface area contributed by atoms with Crippen LogP contribution in [0.2, 0.25) is 5.02 Å². The number of ether oxygens (including phenoxy) is 1. The second kappa shape index (κ2) is 4.18. The summed E-state index contributed by atoms with van der Waals surface area (Å²) >= 11 is 5.57. The molecule has 2 aromatic rings. The molecule has 4 nitrogen and oxygen atoms in total. The number of rotatable bonds is 1. The van der Waals surface area contributed by atoms with Crippen molar-refractivity contribution >= 4 is 28.5 Å². The predicted octanol–water partition coefficient (Wildman–Crippen LogP) is 2.96. The summed E-state index contributed by atoms with van der Waals surface area (Å²) in [6, 6.07) is 3.62. The van der Waals surface area contributed by atoms with Crippen LogP contribution in [0.25, 0.3) is 10.9 Å². The molecule has 1 heterocycles. The van der Waals surface area contributed by atoms with Gasteiger partial charge in [0.1, 0.15) is 5.52 Å². The number of nitrogens with zero attached hydrogens (tertiary/aromatic N) is 1. The molecule has 17 heavy (non-hydrogen) atoms. The Labute approximate surface area is 101 Å². The number of hydrogen-bond donors (Lipinski definition) is 0. The summed E-state index contributed by atoms with van der Waals surface area (Å²) in [6.45, 7) is 0. The number of aromatic nitrogens is 1. The average molecular weight is 255 g/mol. The quantitative estimate of drug-likeness (QED) is 0.735. The van der Waals surface area contributed by atoms with Crippen LogP contribution in [0.4, 0.5) is 4.39 Å². The molecule has 0 fully saturated rings. The number of methoxy groups -OCH3 is 1. The van der Waals surface area contributed by atoms with E-state index in [0.29, 0.717) is 0 Å². The van der Waals surface area contributed by atoms with E-state index in [2.05, 4.69) is 9.72 Å². The molecule has 0 aliphatic carbocycles. The summed E-state index contributed by atoms with van der Waals surface area (Å²) in [5.41, 5.74) is -0.475. The molecule has 0 spiro atoms. The number of carbonyl (C=O) groups excluding carboxylic acids is 1. The van der Waals surface area contributed by atoms with Gasteiger partial charge in [-0.25, -0.2) is 14.2 Å². The van der Waals surface area contributed by atoms with Crippen LogP contribution < -0.4 is 0 Å². The zero-order valence-electron chi connectivity index (χ0n) is 8.66. The van der Waals surface area contributed by atoms with Crippen molar-refractivity contribution in [2.45, 2.75) is 0 Å². The van der Waals surface area contributed by atoms with Crippen LogP contribution in [0.5, 0.6) is 5.75 Å². The van der Waals surface area contributed by atoms with Gasteiger partial charge < -0.3 is 4.74 Å². The predicted molar refractivity (Wildman–Crippen MR) is 58.2 cm³/mol. The smallest absolute Gasteiger partial charge is 0.356 e. The standard InChI is InChI=1S/C11H6ClFNO3/c1-17-11(16)7-4-8(15)5-2-3-6(12)9(13)10(5)14-7/h2-4H,1H3. The van der Waals surface area contributed by atoms with Gasteiger partial charge in [-0.15, -0.1) is 0 Å². The van der Waals surface area contributed by atoms with Gasteiger partial charge in [0.15, 0.2) is 17.3 Å². The van der Waals surface area contributed by atoms with Crippen molar-refractivity contribution in [2.75, 3.05) is 7.11 Å². The van der Waals surface area contributed by atoms with Gasteiger partial charge in [-0.3, -0.25) is 5.11 Å². The van der Waals surface area contributed by atoms with Gasteiger partial charge in [0.05, 0.1) is 17.5 Å².